The largest absolute Gasteiger partial charge is 0.448 e. The number of furan rings is 1. The Labute approximate surface area is 135 Å². The summed E-state index contributed by atoms with van der Waals surface area (Å²) in [5, 5.41) is 3.79. The highest BCUT2D eigenvalue weighted by molar-refractivity contribution is 6.28. The van der Waals surface area contributed by atoms with Crippen molar-refractivity contribution in [3.63, 3.8) is 0 Å². The monoisotopic (exact) mass is 313 g/mol. The van der Waals surface area contributed by atoms with E-state index >= 15 is 0 Å². The lowest BCUT2D eigenvalue weighted by atomic mass is 10.0. The van der Waals surface area contributed by atoms with Gasteiger partial charge in [-0.15, -0.1) is 0 Å². The molecule has 1 N–H and O–H groups in total. The van der Waals surface area contributed by atoms with Crippen LogP contribution in [0.3, 0.4) is 0 Å². The molecular weight excluding hydrogens is 282 g/mol. The Kier molecular flexibility index (Phi) is 10.7. The number of rotatable bonds is 13. The standard InChI is InChI=1S/C18H32ClNO/c1-3-4-5-6-7-8-9-10-11-12-13-16(20-2)17-14-15-18(19)21-17/h14-16,20H,3-13H2,1-2H3. The second kappa shape index (κ2) is 12.1. The molecule has 1 aromatic heterocycles. The highest BCUT2D eigenvalue weighted by Gasteiger charge is 2.12. The molecule has 0 aromatic carbocycles. The van der Waals surface area contributed by atoms with Crippen LogP contribution in [0.5, 0.6) is 0 Å². The van der Waals surface area contributed by atoms with Crippen LogP contribution < -0.4 is 5.32 Å². The van der Waals surface area contributed by atoms with E-state index < -0.39 is 0 Å². The average Bonchev–Trinajstić information content (AvgIpc) is 2.91. The minimum atomic E-state index is 0.298. The SMILES string of the molecule is CCCCCCCCCCCCC(NC)c1ccc(Cl)o1. The van der Waals surface area contributed by atoms with Gasteiger partial charge in [0.25, 0.3) is 0 Å². The van der Waals surface area contributed by atoms with Crippen molar-refractivity contribution in [3.8, 4) is 0 Å². The van der Waals surface area contributed by atoms with Crippen molar-refractivity contribution in [2.45, 2.75) is 83.6 Å². The van der Waals surface area contributed by atoms with E-state index in [9.17, 15) is 0 Å². The molecule has 0 aliphatic carbocycles. The van der Waals surface area contributed by atoms with Crippen molar-refractivity contribution in [2.75, 3.05) is 7.05 Å². The quantitative estimate of drug-likeness (QED) is 0.420. The molecule has 0 bridgehead atoms. The zero-order valence-corrected chi connectivity index (χ0v) is 14.6. The van der Waals surface area contributed by atoms with E-state index in [1.54, 1.807) is 0 Å². The number of unbranched alkanes of at least 4 members (excludes halogenated alkanes) is 9. The van der Waals surface area contributed by atoms with Crippen molar-refractivity contribution < 1.29 is 4.42 Å². The van der Waals surface area contributed by atoms with Gasteiger partial charge in [-0.05, 0) is 37.2 Å². The summed E-state index contributed by atoms with van der Waals surface area (Å²) in [5.74, 6) is 0.957. The molecule has 122 valence electrons. The van der Waals surface area contributed by atoms with Crippen LogP contribution in [-0.4, -0.2) is 7.05 Å². The molecule has 1 atom stereocenters. The lowest BCUT2D eigenvalue weighted by Gasteiger charge is -2.13. The molecule has 0 aliphatic rings. The number of halogens is 1. The van der Waals surface area contributed by atoms with Gasteiger partial charge < -0.3 is 9.73 Å². The van der Waals surface area contributed by atoms with Crippen LogP contribution in [0, 0.1) is 0 Å². The number of hydrogen-bond acceptors (Lipinski definition) is 2. The molecule has 0 aliphatic heterocycles. The lowest BCUT2D eigenvalue weighted by molar-refractivity contribution is 0.402. The molecule has 0 radical (unpaired) electrons. The van der Waals surface area contributed by atoms with Crippen LogP contribution >= 0.6 is 11.6 Å². The number of nitrogens with one attached hydrogen (secondary N) is 1. The van der Waals surface area contributed by atoms with Gasteiger partial charge in [0.2, 0.25) is 0 Å². The molecule has 0 saturated heterocycles. The minimum absolute atomic E-state index is 0.298. The van der Waals surface area contributed by atoms with Crippen LogP contribution in [0.15, 0.2) is 16.5 Å². The maximum Gasteiger partial charge on any atom is 0.193 e. The van der Waals surface area contributed by atoms with Crippen molar-refractivity contribution >= 4 is 11.6 Å². The third kappa shape index (κ3) is 8.53. The Balaban J connectivity index is 1.98. The molecular formula is C18H32ClNO. The molecule has 21 heavy (non-hydrogen) atoms. The van der Waals surface area contributed by atoms with Crippen LogP contribution in [0.2, 0.25) is 5.22 Å². The van der Waals surface area contributed by atoms with Gasteiger partial charge in [0.15, 0.2) is 5.22 Å². The van der Waals surface area contributed by atoms with Gasteiger partial charge in [-0.25, -0.2) is 0 Å². The highest BCUT2D eigenvalue weighted by atomic mass is 35.5. The van der Waals surface area contributed by atoms with Gasteiger partial charge in [-0.3, -0.25) is 0 Å². The topological polar surface area (TPSA) is 25.2 Å². The molecule has 0 amide bonds. The van der Waals surface area contributed by atoms with E-state index in [0.717, 1.165) is 12.2 Å². The van der Waals surface area contributed by atoms with Crippen molar-refractivity contribution in [1.82, 2.24) is 5.32 Å². The Hall–Kier alpha value is -0.470. The summed E-state index contributed by atoms with van der Waals surface area (Å²) in [5.41, 5.74) is 0. The molecule has 0 fully saturated rings. The van der Waals surface area contributed by atoms with E-state index in [0.29, 0.717) is 11.3 Å². The summed E-state index contributed by atoms with van der Waals surface area (Å²) in [6, 6.07) is 4.09. The Bertz CT molecular complexity index is 351. The zero-order chi connectivity index (χ0) is 15.3. The third-order valence-electron chi connectivity index (χ3n) is 4.13. The van der Waals surface area contributed by atoms with E-state index in [1.165, 1.54) is 64.2 Å². The predicted molar refractivity (Wildman–Crippen MR) is 92.0 cm³/mol. The molecule has 2 nitrogen and oxygen atoms in total. The van der Waals surface area contributed by atoms with Crippen LogP contribution in [0.4, 0.5) is 0 Å². The molecule has 0 saturated carbocycles. The lowest BCUT2D eigenvalue weighted by Crippen LogP contribution is -2.15. The van der Waals surface area contributed by atoms with Crippen LogP contribution in [0.25, 0.3) is 0 Å². The maximum absolute atomic E-state index is 5.83. The second-order valence-electron chi connectivity index (χ2n) is 5.95. The summed E-state index contributed by atoms with van der Waals surface area (Å²) in [6.07, 6.45) is 14.9. The summed E-state index contributed by atoms with van der Waals surface area (Å²) in [6.45, 7) is 2.27. The Morgan fingerprint density at radius 2 is 1.52 bits per heavy atom. The van der Waals surface area contributed by atoms with Crippen LogP contribution in [0.1, 0.15) is 89.4 Å². The molecule has 1 unspecified atom stereocenters. The highest BCUT2D eigenvalue weighted by Crippen LogP contribution is 2.24. The van der Waals surface area contributed by atoms with E-state index in [4.69, 9.17) is 16.0 Å². The van der Waals surface area contributed by atoms with Crippen molar-refractivity contribution in [2.24, 2.45) is 0 Å². The predicted octanol–water partition coefficient (Wildman–Crippen LogP) is 6.50. The smallest absolute Gasteiger partial charge is 0.193 e. The molecule has 3 heteroatoms. The van der Waals surface area contributed by atoms with Gasteiger partial charge in [-0.2, -0.15) is 0 Å². The first-order chi connectivity index (χ1) is 10.3. The summed E-state index contributed by atoms with van der Waals surface area (Å²) in [7, 11) is 1.98. The molecule has 1 rings (SSSR count). The van der Waals surface area contributed by atoms with E-state index in [-0.39, 0.29) is 0 Å². The first-order valence-corrected chi connectivity index (χ1v) is 9.08. The Morgan fingerprint density at radius 1 is 0.952 bits per heavy atom. The van der Waals surface area contributed by atoms with Gasteiger partial charge in [0.1, 0.15) is 5.76 Å². The zero-order valence-electron chi connectivity index (χ0n) is 13.8. The van der Waals surface area contributed by atoms with Crippen LogP contribution in [-0.2, 0) is 0 Å². The fourth-order valence-electron chi connectivity index (χ4n) is 2.78. The summed E-state index contributed by atoms with van der Waals surface area (Å²) >= 11 is 5.83. The Morgan fingerprint density at radius 3 is 2.00 bits per heavy atom. The minimum Gasteiger partial charge on any atom is -0.448 e. The summed E-state index contributed by atoms with van der Waals surface area (Å²) in [4.78, 5) is 0. The first kappa shape index (κ1) is 18.6. The second-order valence-corrected chi connectivity index (χ2v) is 6.33. The maximum atomic E-state index is 5.83. The molecule has 1 aromatic rings. The van der Waals surface area contributed by atoms with E-state index in [1.807, 2.05) is 19.2 Å². The fraction of sp³-hybridized carbons (Fsp3) is 0.778. The summed E-state index contributed by atoms with van der Waals surface area (Å²) < 4.78 is 5.48. The average molecular weight is 314 g/mol. The van der Waals surface area contributed by atoms with Gasteiger partial charge >= 0.3 is 0 Å². The molecule has 0 spiro atoms. The first-order valence-electron chi connectivity index (χ1n) is 8.70. The van der Waals surface area contributed by atoms with Crippen molar-refractivity contribution in [1.29, 1.82) is 0 Å². The van der Waals surface area contributed by atoms with Gasteiger partial charge in [0.05, 0.1) is 6.04 Å². The van der Waals surface area contributed by atoms with E-state index in [2.05, 4.69) is 12.2 Å². The fourth-order valence-corrected chi connectivity index (χ4v) is 2.93. The van der Waals surface area contributed by atoms with Gasteiger partial charge in [-0.1, -0.05) is 71.1 Å². The van der Waals surface area contributed by atoms with Crippen molar-refractivity contribution in [3.05, 3.63) is 23.1 Å². The normalized spacial score (nSPS) is 12.7. The molecule has 1 heterocycles. The van der Waals surface area contributed by atoms with Gasteiger partial charge in [0, 0.05) is 0 Å². The number of hydrogen-bond donors (Lipinski definition) is 1. The third-order valence-corrected chi connectivity index (χ3v) is 4.34.